The van der Waals surface area contributed by atoms with Gasteiger partial charge >= 0.3 is 6.18 Å². The molecule has 0 radical (unpaired) electrons. The quantitative estimate of drug-likeness (QED) is 0.660. The molecule has 4 nitrogen and oxygen atoms in total. The lowest BCUT2D eigenvalue weighted by Gasteiger charge is -2.39. The molecule has 1 amide bonds. The first-order valence-corrected chi connectivity index (χ1v) is 9.37. The monoisotopic (exact) mass is 402 g/mol. The Balaban J connectivity index is 1.64. The number of fused-ring (bicyclic) bond motifs is 1. The van der Waals surface area contributed by atoms with Gasteiger partial charge in [0.25, 0.3) is 5.91 Å². The molecule has 1 aliphatic heterocycles. The van der Waals surface area contributed by atoms with Crippen LogP contribution >= 0.6 is 0 Å². The van der Waals surface area contributed by atoms with E-state index in [2.05, 4.69) is 5.32 Å². The average molecular weight is 402 g/mol. The summed E-state index contributed by atoms with van der Waals surface area (Å²) in [4.78, 5) is 14.6. The molecule has 1 N–H and O–H groups in total. The van der Waals surface area contributed by atoms with Crippen LogP contribution in [0.3, 0.4) is 0 Å². The fraction of sp³-hybridized carbons (Fsp3) is 0.318. The van der Waals surface area contributed by atoms with E-state index in [0.29, 0.717) is 35.2 Å². The Kier molecular flexibility index (Phi) is 4.65. The van der Waals surface area contributed by atoms with E-state index in [0.717, 1.165) is 12.6 Å². The van der Waals surface area contributed by atoms with Crippen LogP contribution in [0.25, 0.3) is 22.1 Å². The van der Waals surface area contributed by atoms with Crippen molar-refractivity contribution in [2.45, 2.75) is 25.6 Å². The third-order valence-corrected chi connectivity index (χ3v) is 5.18. The van der Waals surface area contributed by atoms with E-state index in [9.17, 15) is 18.0 Å². The van der Waals surface area contributed by atoms with Gasteiger partial charge in [0.05, 0.1) is 11.8 Å². The minimum absolute atomic E-state index is 0.0765. The lowest BCUT2D eigenvalue weighted by molar-refractivity contribution is -0.136. The van der Waals surface area contributed by atoms with Gasteiger partial charge in [-0.05, 0) is 55.3 Å². The van der Waals surface area contributed by atoms with E-state index in [1.165, 1.54) is 12.3 Å². The first-order valence-electron chi connectivity index (χ1n) is 9.37. The number of piperazine rings is 1. The molecule has 7 heteroatoms. The lowest BCUT2D eigenvalue weighted by atomic mass is 9.98. The number of nitrogens with one attached hydrogen (secondary N) is 1. The number of carbonyl (C=O) groups excluding carboxylic acids is 1. The highest BCUT2D eigenvalue weighted by Gasteiger charge is 2.35. The second-order valence-electron chi connectivity index (χ2n) is 7.98. The van der Waals surface area contributed by atoms with Gasteiger partial charge in [0.2, 0.25) is 0 Å². The third-order valence-electron chi connectivity index (χ3n) is 5.18. The summed E-state index contributed by atoms with van der Waals surface area (Å²) in [6.45, 7) is 6.02. The van der Waals surface area contributed by atoms with E-state index < -0.39 is 11.7 Å². The number of hydrogen-bond donors (Lipinski definition) is 1. The Bertz CT molecular complexity index is 1050. The van der Waals surface area contributed by atoms with Crippen molar-refractivity contribution in [1.29, 1.82) is 0 Å². The maximum absolute atomic E-state index is 13.4. The molecule has 0 saturated carbocycles. The van der Waals surface area contributed by atoms with Crippen molar-refractivity contribution >= 4 is 16.9 Å². The van der Waals surface area contributed by atoms with Crippen LogP contribution < -0.4 is 5.32 Å². The molecule has 2 aromatic carbocycles. The molecule has 152 valence electrons. The van der Waals surface area contributed by atoms with Crippen molar-refractivity contribution in [2.75, 3.05) is 19.6 Å². The minimum Gasteiger partial charge on any atom is -0.464 e. The second-order valence-corrected chi connectivity index (χ2v) is 7.98. The number of halogens is 3. The number of nitrogens with zero attached hydrogens (tertiary/aromatic N) is 1. The van der Waals surface area contributed by atoms with Crippen LogP contribution in [0.5, 0.6) is 0 Å². The van der Waals surface area contributed by atoms with Crippen LogP contribution in [0.15, 0.2) is 53.1 Å². The summed E-state index contributed by atoms with van der Waals surface area (Å²) in [6.07, 6.45) is -3.27. The molecule has 29 heavy (non-hydrogen) atoms. The highest BCUT2D eigenvalue weighted by molar-refractivity contribution is 5.95. The molecular formula is C22H21F3N2O2. The molecule has 1 aromatic heterocycles. The largest absolute Gasteiger partial charge is 0.464 e. The molecule has 1 saturated heterocycles. The highest BCUT2D eigenvalue weighted by Crippen LogP contribution is 2.38. The fourth-order valence-corrected chi connectivity index (χ4v) is 3.76. The second kappa shape index (κ2) is 6.91. The molecule has 0 unspecified atom stereocenters. The predicted molar refractivity (Wildman–Crippen MR) is 105 cm³/mol. The number of amides is 1. The van der Waals surface area contributed by atoms with Crippen molar-refractivity contribution in [1.82, 2.24) is 10.2 Å². The predicted octanol–water partition coefficient (Wildman–Crippen LogP) is 4.94. The molecule has 0 bridgehead atoms. The normalized spacial score (nSPS) is 16.9. The smallest absolute Gasteiger partial charge is 0.420 e. The number of carbonyl (C=O) groups is 1. The summed E-state index contributed by atoms with van der Waals surface area (Å²) in [7, 11) is 0. The van der Waals surface area contributed by atoms with Gasteiger partial charge in [0.15, 0.2) is 0 Å². The van der Waals surface area contributed by atoms with Gasteiger partial charge in [0, 0.05) is 36.1 Å². The molecule has 1 aliphatic rings. The summed E-state index contributed by atoms with van der Waals surface area (Å²) in [5.41, 5.74) is 0.422. The van der Waals surface area contributed by atoms with Gasteiger partial charge in [-0.15, -0.1) is 0 Å². The average Bonchev–Trinajstić information content (AvgIpc) is 3.13. The van der Waals surface area contributed by atoms with Crippen LogP contribution in [0.1, 0.15) is 29.8 Å². The number of hydrogen-bond acceptors (Lipinski definition) is 3. The van der Waals surface area contributed by atoms with Gasteiger partial charge < -0.3 is 14.6 Å². The maximum atomic E-state index is 13.4. The molecule has 4 rings (SSSR count). The van der Waals surface area contributed by atoms with E-state index in [-0.39, 0.29) is 17.0 Å². The van der Waals surface area contributed by atoms with Crippen molar-refractivity contribution in [3.8, 4) is 11.1 Å². The summed E-state index contributed by atoms with van der Waals surface area (Å²) in [6, 6.07) is 11.0. The van der Waals surface area contributed by atoms with Gasteiger partial charge in [-0.25, -0.2) is 0 Å². The Morgan fingerprint density at radius 1 is 1.10 bits per heavy atom. The zero-order valence-corrected chi connectivity index (χ0v) is 16.1. The summed E-state index contributed by atoms with van der Waals surface area (Å²) in [5, 5.41) is 3.75. The minimum atomic E-state index is -4.52. The van der Waals surface area contributed by atoms with Gasteiger partial charge in [-0.1, -0.05) is 12.1 Å². The van der Waals surface area contributed by atoms with Gasteiger partial charge in [-0.2, -0.15) is 13.2 Å². The van der Waals surface area contributed by atoms with Gasteiger partial charge in [-0.3, -0.25) is 4.79 Å². The van der Waals surface area contributed by atoms with E-state index >= 15 is 0 Å². The summed E-state index contributed by atoms with van der Waals surface area (Å²) >= 11 is 0. The Labute approximate surface area is 166 Å². The van der Waals surface area contributed by atoms with E-state index in [4.69, 9.17) is 4.42 Å². The third kappa shape index (κ3) is 3.87. The van der Waals surface area contributed by atoms with E-state index in [1.807, 2.05) is 13.8 Å². The standard InChI is InChI=1S/C22H21F3N2O2/c1-21(2)13-27(9-8-26-21)20(28)15-5-3-14(4-6-15)17-11-16-7-10-29-19(16)18(12-17)22(23,24)25/h3-7,10-12,26H,8-9,13H2,1-2H3. The van der Waals surface area contributed by atoms with Gasteiger partial charge in [0.1, 0.15) is 5.58 Å². The Morgan fingerprint density at radius 3 is 2.48 bits per heavy atom. The number of rotatable bonds is 2. The SMILES string of the molecule is CC1(C)CN(C(=O)c2ccc(-c3cc(C(F)(F)F)c4occc4c3)cc2)CCN1. The molecule has 0 aliphatic carbocycles. The van der Waals surface area contributed by atoms with Crippen LogP contribution in [0.4, 0.5) is 13.2 Å². The topological polar surface area (TPSA) is 45.5 Å². The van der Waals surface area contributed by atoms with Crippen LogP contribution in [0.2, 0.25) is 0 Å². The molecule has 0 atom stereocenters. The van der Waals surface area contributed by atoms with Crippen LogP contribution in [0, 0.1) is 0 Å². The first-order chi connectivity index (χ1) is 13.6. The van der Waals surface area contributed by atoms with Crippen molar-refractivity contribution < 1.29 is 22.4 Å². The lowest BCUT2D eigenvalue weighted by Crippen LogP contribution is -2.58. The molecule has 3 aromatic rings. The zero-order valence-electron chi connectivity index (χ0n) is 16.1. The molecule has 2 heterocycles. The highest BCUT2D eigenvalue weighted by atomic mass is 19.4. The Morgan fingerprint density at radius 2 is 1.83 bits per heavy atom. The summed E-state index contributed by atoms with van der Waals surface area (Å²) in [5.74, 6) is -0.0765. The first kappa shape index (κ1) is 19.5. The van der Waals surface area contributed by atoms with Crippen LogP contribution in [-0.4, -0.2) is 36.0 Å². The van der Waals surface area contributed by atoms with Crippen molar-refractivity contribution in [2.24, 2.45) is 0 Å². The Hall–Kier alpha value is -2.80. The number of alkyl halides is 3. The zero-order chi connectivity index (χ0) is 20.8. The number of benzene rings is 2. The molecular weight excluding hydrogens is 381 g/mol. The maximum Gasteiger partial charge on any atom is 0.420 e. The number of furan rings is 1. The van der Waals surface area contributed by atoms with Crippen molar-refractivity contribution in [3.63, 3.8) is 0 Å². The molecule has 0 spiro atoms. The van der Waals surface area contributed by atoms with Crippen LogP contribution in [-0.2, 0) is 6.18 Å². The molecule has 1 fully saturated rings. The summed E-state index contributed by atoms with van der Waals surface area (Å²) < 4.78 is 45.3. The van der Waals surface area contributed by atoms with E-state index in [1.54, 1.807) is 35.2 Å². The van der Waals surface area contributed by atoms with Crippen molar-refractivity contribution in [3.05, 3.63) is 59.9 Å². The fourth-order valence-electron chi connectivity index (χ4n) is 3.76.